The Kier molecular flexibility index (Phi) is 4.96. The van der Waals surface area contributed by atoms with Gasteiger partial charge in [0, 0.05) is 13.0 Å². The molecule has 0 saturated carbocycles. The molecule has 0 N–H and O–H groups in total. The van der Waals surface area contributed by atoms with Gasteiger partial charge in [-0.2, -0.15) is 10.4 Å². The molecule has 126 valence electrons. The van der Waals surface area contributed by atoms with Crippen LogP contribution >= 0.6 is 0 Å². The predicted molar refractivity (Wildman–Crippen MR) is 93.4 cm³/mol. The van der Waals surface area contributed by atoms with Gasteiger partial charge in [-0.05, 0) is 55.0 Å². The topological polar surface area (TPSA) is 57.7 Å². The van der Waals surface area contributed by atoms with Crippen LogP contribution in [0.3, 0.4) is 0 Å². The van der Waals surface area contributed by atoms with Gasteiger partial charge in [-0.25, -0.2) is 9.67 Å². The number of nitrogens with zero attached hydrogens (tertiary/aromatic N) is 5. The van der Waals surface area contributed by atoms with Gasteiger partial charge < -0.3 is 0 Å². The van der Waals surface area contributed by atoms with Gasteiger partial charge in [0.15, 0.2) is 0 Å². The summed E-state index contributed by atoms with van der Waals surface area (Å²) in [4.78, 5) is 6.48. The summed E-state index contributed by atoms with van der Waals surface area (Å²) in [5.74, 6) is 0.571. The van der Waals surface area contributed by atoms with Crippen LogP contribution < -0.4 is 0 Å². The van der Waals surface area contributed by atoms with E-state index in [-0.39, 0.29) is 5.41 Å². The van der Waals surface area contributed by atoms with E-state index in [0.717, 1.165) is 38.2 Å². The lowest BCUT2D eigenvalue weighted by Gasteiger charge is -2.43. The molecule has 3 rings (SSSR count). The van der Waals surface area contributed by atoms with Gasteiger partial charge >= 0.3 is 0 Å². The van der Waals surface area contributed by atoms with Crippen molar-refractivity contribution in [1.82, 2.24) is 19.7 Å². The molecule has 0 aliphatic carbocycles. The summed E-state index contributed by atoms with van der Waals surface area (Å²) < 4.78 is 1.77. The van der Waals surface area contributed by atoms with Gasteiger partial charge in [-0.1, -0.05) is 26.0 Å². The first-order valence-electron chi connectivity index (χ1n) is 8.66. The molecule has 1 fully saturated rings. The quantitative estimate of drug-likeness (QED) is 0.846. The van der Waals surface area contributed by atoms with Crippen molar-refractivity contribution in [2.24, 2.45) is 11.3 Å². The molecule has 24 heavy (non-hydrogen) atoms. The summed E-state index contributed by atoms with van der Waals surface area (Å²) in [6.45, 7) is 7.64. The Morgan fingerprint density at radius 2 is 1.92 bits per heavy atom. The molecule has 0 bridgehead atoms. The van der Waals surface area contributed by atoms with E-state index >= 15 is 0 Å². The number of likely N-dealkylation sites (tertiary alicyclic amines) is 1. The summed E-state index contributed by atoms with van der Waals surface area (Å²) in [6.07, 6.45) is 6.18. The van der Waals surface area contributed by atoms with Gasteiger partial charge in [0.25, 0.3) is 0 Å². The minimum atomic E-state index is 0.211. The van der Waals surface area contributed by atoms with Crippen LogP contribution in [-0.4, -0.2) is 32.8 Å². The average Bonchev–Trinajstić information content (AvgIpc) is 3.12. The Bertz CT molecular complexity index is 674. The highest BCUT2D eigenvalue weighted by atomic mass is 15.3. The van der Waals surface area contributed by atoms with Crippen LogP contribution in [0.15, 0.2) is 36.9 Å². The zero-order valence-corrected chi connectivity index (χ0v) is 14.5. The zero-order valence-electron chi connectivity index (χ0n) is 14.5. The van der Waals surface area contributed by atoms with E-state index in [1.165, 1.54) is 5.56 Å². The SMILES string of the molecule is CC(C)C1(CC#N)CCN(Cc2ccc(-n3cncn3)cc2)CC1. The van der Waals surface area contributed by atoms with Crippen molar-refractivity contribution >= 4 is 0 Å². The van der Waals surface area contributed by atoms with E-state index in [2.05, 4.69) is 59.2 Å². The number of nitriles is 1. The summed E-state index contributed by atoms with van der Waals surface area (Å²) >= 11 is 0. The molecular weight excluding hydrogens is 298 g/mol. The zero-order chi connectivity index (χ0) is 17.0. The summed E-state index contributed by atoms with van der Waals surface area (Å²) in [7, 11) is 0. The lowest BCUT2D eigenvalue weighted by atomic mass is 9.68. The van der Waals surface area contributed by atoms with Crippen LogP contribution in [0.4, 0.5) is 0 Å². The largest absolute Gasteiger partial charge is 0.299 e. The number of hydrogen-bond acceptors (Lipinski definition) is 4. The molecule has 1 aliphatic rings. The summed E-state index contributed by atoms with van der Waals surface area (Å²) in [5, 5.41) is 13.3. The Morgan fingerprint density at radius 3 is 2.46 bits per heavy atom. The Hall–Kier alpha value is -2.19. The Balaban J connectivity index is 1.59. The third kappa shape index (κ3) is 3.49. The molecule has 2 aromatic rings. The number of hydrogen-bond donors (Lipinski definition) is 0. The summed E-state index contributed by atoms with van der Waals surface area (Å²) in [6, 6.07) is 10.9. The second-order valence-electron chi connectivity index (χ2n) is 7.13. The van der Waals surface area contributed by atoms with Gasteiger partial charge in [0.05, 0.1) is 11.8 Å². The van der Waals surface area contributed by atoms with Gasteiger partial charge in [0.2, 0.25) is 0 Å². The molecule has 5 nitrogen and oxygen atoms in total. The van der Waals surface area contributed by atoms with Gasteiger partial charge in [-0.15, -0.1) is 0 Å². The molecule has 1 aliphatic heterocycles. The summed E-state index contributed by atoms with van der Waals surface area (Å²) in [5.41, 5.74) is 2.56. The third-order valence-electron chi connectivity index (χ3n) is 5.53. The molecule has 0 unspecified atom stereocenters. The van der Waals surface area contributed by atoms with Crippen LogP contribution in [0, 0.1) is 22.7 Å². The fourth-order valence-corrected chi connectivity index (χ4v) is 3.63. The number of aromatic nitrogens is 3. The lowest BCUT2D eigenvalue weighted by molar-refractivity contribution is 0.0617. The van der Waals surface area contributed by atoms with Gasteiger partial charge in [-0.3, -0.25) is 4.90 Å². The molecule has 0 amide bonds. The van der Waals surface area contributed by atoms with Crippen molar-refractivity contribution in [2.75, 3.05) is 13.1 Å². The first-order chi connectivity index (χ1) is 11.6. The minimum Gasteiger partial charge on any atom is -0.299 e. The fourth-order valence-electron chi connectivity index (χ4n) is 3.63. The van der Waals surface area contributed by atoms with Crippen LogP contribution in [-0.2, 0) is 6.54 Å². The normalized spacial score (nSPS) is 17.8. The maximum Gasteiger partial charge on any atom is 0.138 e. The molecule has 5 heteroatoms. The monoisotopic (exact) mass is 323 g/mol. The number of benzene rings is 1. The number of piperidine rings is 1. The van der Waals surface area contributed by atoms with Crippen molar-refractivity contribution < 1.29 is 0 Å². The second-order valence-corrected chi connectivity index (χ2v) is 7.13. The smallest absolute Gasteiger partial charge is 0.138 e. The standard InChI is InChI=1S/C19H25N5/c1-16(2)19(7-10-20)8-11-23(12-9-19)13-17-3-5-18(6-4-17)24-15-21-14-22-24/h3-6,14-16H,7-9,11-13H2,1-2H3. The Morgan fingerprint density at radius 1 is 1.21 bits per heavy atom. The van der Waals surface area contributed by atoms with E-state index < -0.39 is 0 Å². The molecule has 1 saturated heterocycles. The first-order valence-corrected chi connectivity index (χ1v) is 8.66. The Labute approximate surface area is 143 Å². The molecule has 1 aromatic carbocycles. The highest BCUT2D eigenvalue weighted by Gasteiger charge is 2.37. The third-order valence-corrected chi connectivity index (χ3v) is 5.53. The maximum atomic E-state index is 9.16. The van der Waals surface area contributed by atoms with Crippen LogP contribution in [0.25, 0.3) is 5.69 Å². The van der Waals surface area contributed by atoms with Crippen molar-refractivity contribution in [2.45, 2.75) is 39.7 Å². The molecule has 0 atom stereocenters. The van der Waals surface area contributed by atoms with E-state index in [4.69, 9.17) is 5.26 Å². The van der Waals surface area contributed by atoms with E-state index in [0.29, 0.717) is 12.3 Å². The highest BCUT2D eigenvalue weighted by Crippen LogP contribution is 2.41. The maximum absolute atomic E-state index is 9.16. The van der Waals surface area contributed by atoms with Crippen LogP contribution in [0.2, 0.25) is 0 Å². The van der Waals surface area contributed by atoms with Crippen LogP contribution in [0.5, 0.6) is 0 Å². The molecule has 1 aromatic heterocycles. The van der Waals surface area contributed by atoms with E-state index in [1.54, 1.807) is 17.3 Å². The van der Waals surface area contributed by atoms with E-state index in [9.17, 15) is 0 Å². The van der Waals surface area contributed by atoms with Crippen molar-refractivity contribution in [3.05, 3.63) is 42.5 Å². The van der Waals surface area contributed by atoms with Crippen molar-refractivity contribution in [3.8, 4) is 11.8 Å². The highest BCUT2D eigenvalue weighted by molar-refractivity contribution is 5.33. The lowest BCUT2D eigenvalue weighted by Crippen LogP contribution is -2.42. The van der Waals surface area contributed by atoms with Crippen molar-refractivity contribution in [3.63, 3.8) is 0 Å². The van der Waals surface area contributed by atoms with Crippen LogP contribution in [0.1, 0.15) is 38.7 Å². The molecule has 0 radical (unpaired) electrons. The average molecular weight is 323 g/mol. The minimum absolute atomic E-state index is 0.211. The molecule has 0 spiro atoms. The molecule has 2 heterocycles. The predicted octanol–water partition coefficient (Wildman–Crippen LogP) is 3.42. The fraction of sp³-hybridized carbons (Fsp3) is 0.526. The number of rotatable bonds is 5. The van der Waals surface area contributed by atoms with Crippen molar-refractivity contribution in [1.29, 1.82) is 5.26 Å². The van der Waals surface area contributed by atoms with Gasteiger partial charge in [0.1, 0.15) is 12.7 Å². The van der Waals surface area contributed by atoms with E-state index in [1.807, 2.05) is 0 Å². The first kappa shape index (κ1) is 16.7. The molecular formula is C19H25N5. The second kappa shape index (κ2) is 7.14.